The second-order valence-corrected chi connectivity index (χ2v) is 9.51. The smallest absolute Gasteiger partial charge is 0.273 e. The lowest BCUT2D eigenvalue weighted by Crippen LogP contribution is -2.54. The summed E-state index contributed by atoms with van der Waals surface area (Å²) in [5.74, 6) is -0.0998. The molecule has 3 heterocycles. The lowest BCUT2D eigenvalue weighted by molar-refractivity contribution is 0.0678. The second kappa shape index (κ2) is 5.99. The van der Waals surface area contributed by atoms with Crippen LogP contribution in [0.3, 0.4) is 0 Å². The highest BCUT2D eigenvalue weighted by Gasteiger charge is 2.46. The summed E-state index contributed by atoms with van der Waals surface area (Å²) in [4.78, 5) is 19.6. The number of carbonyl (C=O) groups excluding carboxylic acids is 1. The highest BCUT2D eigenvalue weighted by molar-refractivity contribution is 7.92. The Kier molecular flexibility index (Phi) is 4.03. The van der Waals surface area contributed by atoms with Crippen LogP contribution in [0.1, 0.15) is 42.4 Å². The van der Waals surface area contributed by atoms with Crippen molar-refractivity contribution in [2.45, 2.75) is 43.9 Å². The fourth-order valence-electron chi connectivity index (χ4n) is 4.15. The predicted octanol–water partition coefficient (Wildman–Crippen LogP) is 2.34. The van der Waals surface area contributed by atoms with Crippen LogP contribution in [0.5, 0.6) is 0 Å². The van der Waals surface area contributed by atoms with Crippen molar-refractivity contribution in [2.75, 3.05) is 12.3 Å². The summed E-state index contributed by atoms with van der Waals surface area (Å²) in [6.45, 7) is 2.21. The van der Waals surface area contributed by atoms with Gasteiger partial charge in [0.25, 0.3) is 5.91 Å². The van der Waals surface area contributed by atoms with Crippen LogP contribution in [0.2, 0.25) is 5.02 Å². The third kappa shape index (κ3) is 2.64. The molecule has 6 nitrogen and oxygen atoms in total. The molecule has 25 heavy (non-hydrogen) atoms. The van der Waals surface area contributed by atoms with Crippen molar-refractivity contribution in [3.05, 3.63) is 34.7 Å². The Balaban J connectivity index is 1.79. The molecule has 2 aliphatic rings. The van der Waals surface area contributed by atoms with Crippen LogP contribution in [0.25, 0.3) is 5.65 Å². The van der Waals surface area contributed by atoms with Crippen LogP contribution in [0.15, 0.2) is 18.3 Å². The van der Waals surface area contributed by atoms with E-state index in [1.54, 1.807) is 27.6 Å². The van der Waals surface area contributed by atoms with Gasteiger partial charge in [-0.1, -0.05) is 18.5 Å². The molecular weight excluding hydrogens is 362 g/mol. The molecule has 1 aliphatic heterocycles. The zero-order valence-electron chi connectivity index (χ0n) is 14.0. The average molecular weight is 382 g/mol. The van der Waals surface area contributed by atoms with Gasteiger partial charge in [-0.3, -0.25) is 9.20 Å². The maximum Gasteiger partial charge on any atom is 0.273 e. The molecule has 0 spiro atoms. The Labute approximate surface area is 151 Å². The summed E-state index contributed by atoms with van der Waals surface area (Å²) in [5.41, 5.74) is 1.90. The number of hydrogen-bond acceptors (Lipinski definition) is 4. The molecule has 0 aromatic carbocycles. The third-order valence-corrected chi connectivity index (χ3v) is 7.80. The monoisotopic (exact) mass is 381 g/mol. The van der Waals surface area contributed by atoms with Gasteiger partial charge in [0.05, 0.1) is 21.7 Å². The summed E-state index contributed by atoms with van der Waals surface area (Å²) in [5, 5.41) is 0.111. The molecule has 2 atom stereocenters. The third-order valence-electron chi connectivity index (χ3n) is 5.35. The largest absolute Gasteiger partial charge is 0.332 e. The molecule has 4 rings (SSSR count). The number of imidazole rings is 1. The molecule has 2 aromatic rings. The van der Waals surface area contributed by atoms with Gasteiger partial charge in [0, 0.05) is 18.8 Å². The predicted molar refractivity (Wildman–Crippen MR) is 95.8 cm³/mol. The molecule has 2 fully saturated rings. The number of nitrogens with zero attached hydrogens (tertiary/aromatic N) is 3. The van der Waals surface area contributed by atoms with Crippen molar-refractivity contribution in [3.63, 3.8) is 0 Å². The number of hydrogen-bond donors (Lipinski definition) is 0. The van der Waals surface area contributed by atoms with Crippen molar-refractivity contribution >= 4 is 33.0 Å². The van der Waals surface area contributed by atoms with E-state index in [1.807, 2.05) is 6.92 Å². The first-order valence-electron chi connectivity index (χ1n) is 8.61. The second-order valence-electron chi connectivity index (χ2n) is 6.74. The van der Waals surface area contributed by atoms with Crippen molar-refractivity contribution in [2.24, 2.45) is 0 Å². The Morgan fingerprint density at radius 2 is 2.16 bits per heavy atom. The molecule has 0 N–H and O–H groups in total. The Morgan fingerprint density at radius 1 is 1.36 bits per heavy atom. The standard InChI is InChI=1S/C17H20ClN3O3S/c1-2-12-16(21-10-11(18)6-7-15(21)19-12)17(22)20-8-9-25(23,24)14-5-3-4-13(14)20/h6-7,10,13-14H,2-5,8-9H2,1H3. The lowest BCUT2D eigenvalue weighted by atomic mass is 10.1. The van der Waals surface area contributed by atoms with Crippen molar-refractivity contribution in [1.29, 1.82) is 0 Å². The summed E-state index contributed by atoms with van der Waals surface area (Å²) >= 11 is 6.11. The summed E-state index contributed by atoms with van der Waals surface area (Å²) in [6.07, 6.45) is 4.56. The van der Waals surface area contributed by atoms with Gasteiger partial charge in [-0.25, -0.2) is 13.4 Å². The number of fused-ring (bicyclic) bond motifs is 2. The molecule has 134 valence electrons. The normalized spacial score (nSPS) is 25.3. The van der Waals surface area contributed by atoms with Gasteiger partial charge in [0.2, 0.25) is 0 Å². The number of rotatable bonds is 2. The minimum absolute atomic E-state index is 0.0405. The van der Waals surface area contributed by atoms with Gasteiger partial charge in [-0.2, -0.15) is 0 Å². The van der Waals surface area contributed by atoms with E-state index in [-0.39, 0.29) is 24.2 Å². The number of sulfone groups is 1. The van der Waals surface area contributed by atoms with E-state index >= 15 is 0 Å². The molecule has 0 radical (unpaired) electrons. The highest BCUT2D eigenvalue weighted by Crippen LogP contribution is 2.34. The SMILES string of the molecule is CCc1nc2ccc(Cl)cn2c1C(=O)N1CCS(=O)(=O)C2CCCC21. The van der Waals surface area contributed by atoms with E-state index in [9.17, 15) is 13.2 Å². The van der Waals surface area contributed by atoms with E-state index in [2.05, 4.69) is 4.98 Å². The molecule has 1 saturated heterocycles. The number of halogens is 1. The topological polar surface area (TPSA) is 71.8 Å². The van der Waals surface area contributed by atoms with Crippen LogP contribution < -0.4 is 0 Å². The molecule has 8 heteroatoms. The van der Waals surface area contributed by atoms with E-state index in [4.69, 9.17) is 11.6 Å². The first-order valence-corrected chi connectivity index (χ1v) is 10.7. The average Bonchev–Trinajstić information content (AvgIpc) is 3.19. The first kappa shape index (κ1) is 16.8. The maximum atomic E-state index is 13.3. The lowest BCUT2D eigenvalue weighted by Gasteiger charge is -2.37. The van der Waals surface area contributed by atoms with E-state index < -0.39 is 15.1 Å². The van der Waals surface area contributed by atoms with E-state index in [0.29, 0.717) is 29.2 Å². The number of aryl methyl sites for hydroxylation is 1. The zero-order chi connectivity index (χ0) is 17.8. The van der Waals surface area contributed by atoms with Crippen molar-refractivity contribution in [3.8, 4) is 0 Å². The van der Waals surface area contributed by atoms with E-state index in [0.717, 1.165) is 18.5 Å². The Hall–Kier alpha value is -1.60. The van der Waals surface area contributed by atoms with Crippen LogP contribution in [0.4, 0.5) is 0 Å². The highest BCUT2D eigenvalue weighted by atomic mass is 35.5. The van der Waals surface area contributed by atoms with Crippen LogP contribution in [-0.2, 0) is 16.3 Å². The molecular formula is C17H20ClN3O3S. The number of carbonyl (C=O) groups is 1. The minimum Gasteiger partial charge on any atom is -0.332 e. The van der Waals surface area contributed by atoms with E-state index in [1.165, 1.54) is 0 Å². The van der Waals surface area contributed by atoms with Gasteiger partial charge >= 0.3 is 0 Å². The quantitative estimate of drug-likeness (QED) is 0.800. The van der Waals surface area contributed by atoms with Crippen LogP contribution in [0, 0.1) is 0 Å². The van der Waals surface area contributed by atoms with Crippen molar-refractivity contribution in [1.82, 2.24) is 14.3 Å². The maximum absolute atomic E-state index is 13.3. The van der Waals surface area contributed by atoms with Gasteiger partial charge in [-0.05, 0) is 37.8 Å². The fourth-order valence-corrected chi connectivity index (χ4v) is 6.36. The van der Waals surface area contributed by atoms with Crippen molar-refractivity contribution < 1.29 is 13.2 Å². The number of amides is 1. The van der Waals surface area contributed by atoms with Crippen LogP contribution >= 0.6 is 11.6 Å². The van der Waals surface area contributed by atoms with Gasteiger partial charge in [0.15, 0.2) is 9.84 Å². The molecule has 0 bridgehead atoms. The summed E-state index contributed by atoms with van der Waals surface area (Å²) < 4.78 is 26.4. The number of aromatic nitrogens is 2. The van der Waals surface area contributed by atoms with Gasteiger partial charge < -0.3 is 4.90 Å². The zero-order valence-corrected chi connectivity index (χ0v) is 15.6. The molecule has 2 aromatic heterocycles. The first-order chi connectivity index (χ1) is 11.9. The summed E-state index contributed by atoms with van der Waals surface area (Å²) in [6, 6.07) is 3.32. The van der Waals surface area contributed by atoms with Crippen LogP contribution in [-0.4, -0.2) is 52.2 Å². The van der Waals surface area contributed by atoms with Gasteiger partial charge in [0.1, 0.15) is 11.3 Å². The fraction of sp³-hybridized carbons (Fsp3) is 0.529. The van der Waals surface area contributed by atoms with Gasteiger partial charge in [-0.15, -0.1) is 0 Å². The summed E-state index contributed by atoms with van der Waals surface area (Å²) in [7, 11) is -3.10. The molecule has 1 aliphatic carbocycles. The Morgan fingerprint density at radius 3 is 2.92 bits per heavy atom. The molecule has 1 saturated carbocycles. The molecule has 1 amide bonds. The minimum atomic E-state index is -3.10. The number of pyridine rings is 1. The molecule has 2 unspecified atom stereocenters. The Bertz CT molecular complexity index is 953.